The summed E-state index contributed by atoms with van der Waals surface area (Å²) in [5, 5.41) is 7.69. The lowest BCUT2D eigenvalue weighted by Crippen LogP contribution is -2.51. The van der Waals surface area contributed by atoms with Gasteiger partial charge in [-0.2, -0.15) is 5.10 Å². The molecule has 4 rings (SSSR count). The van der Waals surface area contributed by atoms with Gasteiger partial charge in [-0.1, -0.05) is 17.7 Å². The van der Waals surface area contributed by atoms with E-state index in [2.05, 4.69) is 26.3 Å². The van der Waals surface area contributed by atoms with E-state index in [1.165, 1.54) is 5.56 Å². The fraction of sp³-hybridized carbons (Fsp3) is 0.444. The first-order valence-electron chi connectivity index (χ1n) is 8.34. The highest BCUT2D eigenvalue weighted by Gasteiger charge is 2.48. The topological polar surface area (TPSA) is 56.2 Å². The average Bonchev–Trinajstić information content (AvgIpc) is 3.21. The quantitative estimate of drug-likeness (QED) is 0.874. The zero-order valence-electron chi connectivity index (χ0n) is 13.6. The number of hydrogen-bond donors (Lipinski definition) is 1. The Kier molecular flexibility index (Phi) is 3.96. The Balaban J connectivity index is 1.64. The van der Waals surface area contributed by atoms with Crippen LogP contribution in [-0.2, 0) is 4.74 Å². The summed E-state index contributed by atoms with van der Waals surface area (Å²) in [5.74, 6) is -0.0915. The van der Waals surface area contributed by atoms with E-state index in [4.69, 9.17) is 4.74 Å². The lowest BCUT2D eigenvalue weighted by atomic mass is 9.93. The number of nitrogens with one attached hydrogen (secondary N) is 1. The summed E-state index contributed by atoms with van der Waals surface area (Å²) in [7, 11) is 0. The number of amides is 1. The number of carbonyl (C=O) groups is 1. The van der Waals surface area contributed by atoms with E-state index in [-0.39, 0.29) is 17.6 Å². The first-order valence-corrected chi connectivity index (χ1v) is 9.13. The molecule has 6 heteroatoms. The standard InChI is InChI=1S/C18H20BrN3O2/c1-12-4-6-13(7-5-12)22-14(11-16(19)21-22)17(23)20-18-8-2-3-15(18)24-10-9-18/h4-7,11,15H,2-3,8-10H2,1H3,(H,20,23)/t15-,18+/m1/s1. The first-order chi connectivity index (χ1) is 11.6. The van der Waals surface area contributed by atoms with E-state index in [1.807, 2.05) is 31.2 Å². The number of aromatic nitrogens is 2. The molecule has 1 aliphatic carbocycles. The molecular weight excluding hydrogens is 370 g/mol. The summed E-state index contributed by atoms with van der Waals surface area (Å²) in [4.78, 5) is 13.0. The van der Waals surface area contributed by atoms with Gasteiger partial charge in [0, 0.05) is 12.7 Å². The van der Waals surface area contributed by atoms with Crippen LogP contribution in [0.15, 0.2) is 34.9 Å². The van der Waals surface area contributed by atoms with Crippen molar-refractivity contribution >= 4 is 21.8 Å². The summed E-state index contributed by atoms with van der Waals surface area (Å²) in [6, 6.07) is 9.75. The van der Waals surface area contributed by atoms with Gasteiger partial charge in [0.05, 0.1) is 17.3 Å². The zero-order valence-corrected chi connectivity index (χ0v) is 15.2. The van der Waals surface area contributed by atoms with Gasteiger partial charge in [0.1, 0.15) is 10.3 Å². The molecule has 1 saturated heterocycles. The number of fused-ring (bicyclic) bond motifs is 1. The lowest BCUT2D eigenvalue weighted by Gasteiger charge is -2.29. The van der Waals surface area contributed by atoms with Gasteiger partial charge in [-0.25, -0.2) is 4.68 Å². The fourth-order valence-electron chi connectivity index (χ4n) is 3.84. The predicted molar refractivity (Wildman–Crippen MR) is 94.4 cm³/mol. The van der Waals surface area contributed by atoms with Crippen molar-refractivity contribution in [1.29, 1.82) is 0 Å². The van der Waals surface area contributed by atoms with Crippen molar-refractivity contribution < 1.29 is 9.53 Å². The summed E-state index contributed by atoms with van der Waals surface area (Å²) in [6.07, 6.45) is 4.17. The van der Waals surface area contributed by atoms with Crippen molar-refractivity contribution in [2.45, 2.75) is 44.2 Å². The van der Waals surface area contributed by atoms with E-state index in [9.17, 15) is 4.79 Å². The van der Waals surface area contributed by atoms with E-state index < -0.39 is 0 Å². The molecule has 1 aliphatic heterocycles. The second-order valence-electron chi connectivity index (χ2n) is 6.71. The SMILES string of the molecule is Cc1ccc(-n2nc(Br)cc2C(=O)N[C@]23CCC[C@H]2OCC3)cc1. The first kappa shape index (κ1) is 15.8. The van der Waals surface area contributed by atoms with Crippen molar-refractivity contribution in [2.75, 3.05) is 6.61 Å². The van der Waals surface area contributed by atoms with Gasteiger partial charge in [0.2, 0.25) is 0 Å². The molecule has 0 bridgehead atoms. The lowest BCUT2D eigenvalue weighted by molar-refractivity contribution is 0.0713. The second-order valence-corrected chi connectivity index (χ2v) is 7.52. The van der Waals surface area contributed by atoms with Crippen LogP contribution in [0, 0.1) is 6.92 Å². The summed E-state index contributed by atoms with van der Waals surface area (Å²) >= 11 is 3.39. The number of halogens is 1. The Morgan fingerprint density at radius 1 is 1.38 bits per heavy atom. The highest BCUT2D eigenvalue weighted by Crippen LogP contribution is 2.40. The number of ether oxygens (including phenoxy) is 1. The fourth-order valence-corrected chi connectivity index (χ4v) is 4.22. The summed E-state index contributed by atoms with van der Waals surface area (Å²) in [6.45, 7) is 2.77. The largest absolute Gasteiger partial charge is 0.376 e. The predicted octanol–water partition coefficient (Wildman–Crippen LogP) is 3.38. The van der Waals surface area contributed by atoms with Gasteiger partial charge in [-0.15, -0.1) is 0 Å². The molecule has 24 heavy (non-hydrogen) atoms. The maximum absolute atomic E-state index is 13.0. The third-order valence-corrected chi connectivity index (χ3v) is 5.51. The molecule has 1 aromatic heterocycles. The van der Waals surface area contributed by atoms with Crippen LogP contribution in [0.3, 0.4) is 0 Å². The Labute approximate surface area is 149 Å². The molecule has 1 saturated carbocycles. The maximum atomic E-state index is 13.0. The molecule has 5 nitrogen and oxygen atoms in total. The Morgan fingerprint density at radius 2 is 2.17 bits per heavy atom. The Bertz CT molecular complexity index is 759. The number of benzene rings is 1. The monoisotopic (exact) mass is 389 g/mol. The molecule has 0 unspecified atom stereocenters. The van der Waals surface area contributed by atoms with Crippen LogP contribution in [0.1, 0.15) is 41.7 Å². The number of rotatable bonds is 3. The highest BCUT2D eigenvalue weighted by atomic mass is 79.9. The van der Waals surface area contributed by atoms with Gasteiger partial charge in [-0.05, 0) is 60.7 Å². The van der Waals surface area contributed by atoms with Gasteiger partial charge < -0.3 is 10.1 Å². The van der Waals surface area contributed by atoms with Gasteiger partial charge in [0.25, 0.3) is 5.91 Å². The van der Waals surface area contributed by atoms with E-state index in [1.54, 1.807) is 10.7 Å². The Morgan fingerprint density at radius 3 is 2.96 bits per heavy atom. The molecule has 126 valence electrons. The number of aryl methyl sites for hydroxylation is 1. The molecule has 2 atom stereocenters. The van der Waals surface area contributed by atoms with E-state index in [0.717, 1.165) is 38.0 Å². The molecular formula is C18H20BrN3O2. The van der Waals surface area contributed by atoms with Crippen LogP contribution < -0.4 is 5.32 Å². The molecule has 2 aromatic rings. The third-order valence-electron chi connectivity index (χ3n) is 5.13. The number of nitrogens with zero attached hydrogens (tertiary/aromatic N) is 2. The Hall–Kier alpha value is -1.66. The van der Waals surface area contributed by atoms with Crippen LogP contribution in [0.25, 0.3) is 5.69 Å². The molecule has 1 N–H and O–H groups in total. The molecule has 1 aromatic carbocycles. The van der Waals surface area contributed by atoms with Gasteiger partial charge in [0.15, 0.2) is 0 Å². The summed E-state index contributed by atoms with van der Waals surface area (Å²) < 4.78 is 8.14. The van der Waals surface area contributed by atoms with Gasteiger partial charge in [-0.3, -0.25) is 4.79 Å². The number of carbonyl (C=O) groups excluding carboxylic acids is 1. The summed E-state index contributed by atoms with van der Waals surface area (Å²) in [5.41, 5.74) is 2.38. The number of hydrogen-bond acceptors (Lipinski definition) is 3. The van der Waals surface area contributed by atoms with Gasteiger partial charge >= 0.3 is 0 Å². The van der Waals surface area contributed by atoms with Crippen molar-refractivity contribution in [3.63, 3.8) is 0 Å². The van der Waals surface area contributed by atoms with Crippen LogP contribution >= 0.6 is 15.9 Å². The zero-order chi connectivity index (χ0) is 16.7. The molecule has 0 spiro atoms. The average molecular weight is 390 g/mol. The van der Waals surface area contributed by atoms with Crippen molar-refractivity contribution in [2.24, 2.45) is 0 Å². The van der Waals surface area contributed by atoms with E-state index >= 15 is 0 Å². The van der Waals surface area contributed by atoms with Crippen molar-refractivity contribution in [3.05, 3.63) is 46.2 Å². The second kappa shape index (κ2) is 6.01. The van der Waals surface area contributed by atoms with Crippen molar-refractivity contribution in [1.82, 2.24) is 15.1 Å². The smallest absolute Gasteiger partial charge is 0.270 e. The molecule has 2 heterocycles. The maximum Gasteiger partial charge on any atom is 0.270 e. The molecule has 2 fully saturated rings. The van der Waals surface area contributed by atoms with Crippen LogP contribution in [-0.4, -0.2) is 33.9 Å². The molecule has 2 aliphatic rings. The molecule has 1 amide bonds. The minimum atomic E-state index is -0.202. The minimum Gasteiger partial charge on any atom is -0.376 e. The van der Waals surface area contributed by atoms with Crippen molar-refractivity contribution in [3.8, 4) is 5.69 Å². The highest BCUT2D eigenvalue weighted by molar-refractivity contribution is 9.10. The normalized spacial score (nSPS) is 25.7. The molecule has 0 radical (unpaired) electrons. The van der Waals surface area contributed by atoms with Crippen LogP contribution in [0.2, 0.25) is 0 Å². The van der Waals surface area contributed by atoms with E-state index in [0.29, 0.717) is 10.3 Å². The van der Waals surface area contributed by atoms with Crippen LogP contribution in [0.5, 0.6) is 0 Å². The minimum absolute atomic E-state index is 0.0915. The van der Waals surface area contributed by atoms with Crippen LogP contribution in [0.4, 0.5) is 0 Å². The third kappa shape index (κ3) is 2.67.